The third-order valence-electron chi connectivity index (χ3n) is 2.78. The van der Waals surface area contributed by atoms with Gasteiger partial charge in [-0.2, -0.15) is 0 Å². The molecule has 112 valence electrons. The predicted molar refractivity (Wildman–Crippen MR) is 83.2 cm³/mol. The van der Waals surface area contributed by atoms with Gasteiger partial charge in [-0.25, -0.2) is 24.9 Å². The van der Waals surface area contributed by atoms with Gasteiger partial charge in [0.2, 0.25) is 0 Å². The number of aromatic nitrogens is 5. The Hall–Kier alpha value is -2.45. The Balaban J connectivity index is 1.65. The van der Waals surface area contributed by atoms with Crippen molar-refractivity contribution in [2.24, 2.45) is 0 Å². The predicted octanol–water partition coefficient (Wildman–Crippen LogP) is 2.15. The second-order valence-electron chi connectivity index (χ2n) is 4.40. The summed E-state index contributed by atoms with van der Waals surface area (Å²) in [6, 6.07) is 3.64. The monoisotopic (exact) mass is 314 g/mol. The highest BCUT2D eigenvalue weighted by Crippen LogP contribution is 2.20. The van der Waals surface area contributed by atoms with Gasteiger partial charge < -0.3 is 10.1 Å². The Morgan fingerprint density at radius 3 is 2.82 bits per heavy atom. The molecule has 3 aromatic rings. The van der Waals surface area contributed by atoms with Crippen LogP contribution in [-0.4, -0.2) is 32.0 Å². The van der Waals surface area contributed by atoms with E-state index in [-0.39, 0.29) is 0 Å². The van der Waals surface area contributed by atoms with Crippen molar-refractivity contribution in [3.63, 3.8) is 0 Å². The molecule has 0 saturated heterocycles. The molecule has 0 unspecified atom stereocenters. The van der Waals surface area contributed by atoms with E-state index in [0.29, 0.717) is 19.0 Å². The number of methoxy groups -OCH3 is 1. The quantitative estimate of drug-likeness (QED) is 0.746. The van der Waals surface area contributed by atoms with E-state index in [2.05, 4.69) is 30.2 Å². The van der Waals surface area contributed by atoms with Gasteiger partial charge in [-0.3, -0.25) is 0 Å². The summed E-state index contributed by atoms with van der Waals surface area (Å²) in [6.07, 6.45) is 4.93. The lowest BCUT2D eigenvalue weighted by Crippen LogP contribution is -2.03. The van der Waals surface area contributed by atoms with Gasteiger partial charge in [0.05, 0.1) is 24.5 Å². The summed E-state index contributed by atoms with van der Waals surface area (Å²) in [6.45, 7) is 1.04. The van der Waals surface area contributed by atoms with E-state index in [1.807, 2.05) is 11.4 Å². The van der Waals surface area contributed by atoms with Crippen molar-refractivity contribution in [1.82, 2.24) is 24.9 Å². The van der Waals surface area contributed by atoms with Gasteiger partial charge in [-0.05, 0) is 6.07 Å². The number of ether oxygens (including phenoxy) is 1. The zero-order chi connectivity index (χ0) is 15.2. The van der Waals surface area contributed by atoms with Crippen LogP contribution in [-0.2, 0) is 17.9 Å². The summed E-state index contributed by atoms with van der Waals surface area (Å²) in [5.74, 6) is 1.38. The first kappa shape index (κ1) is 14.5. The molecule has 0 radical (unpaired) electrons. The maximum atomic E-state index is 5.06. The first-order valence-electron chi connectivity index (χ1n) is 6.60. The molecule has 0 aliphatic heterocycles. The van der Waals surface area contributed by atoms with Crippen molar-refractivity contribution in [3.05, 3.63) is 47.6 Å². The van der Waals surface area contributed by atoms with Crippen molar-refractivity contribution in [2.45, 2.75) is 13.2 Å². The van der Waals surface area contributed by atoms with Crippen LogP contribution in [0.3, 0.4) is 0 Å². The molecular weight excluding hydrogens is 300 g/mol. The number of nitrogens with zero attached hydrogens (tertiary/aromatic N) is 5. The second-order valence-corrected chi connectivity index (χ2v) is 5.26. The van der Waals surface area contributed by atoms with Gasteiger partial charge >= 0.3 is 0 Å². The number of nitrogens with one attached hydrogen (secondary N) is 1. The van der Waals surface area contributed by atoms with E-state index < -0.39 is 0 Å². The first-order valence-corrected chi connectivity index (χ1v) is 7.48. The topological polar surface area (TPSA) is 85.7 Å². The molecule has 0 fully saturated rings. The highest BCUT2D eigenvalue weighted by Gasteiger charge is 2.07. The number of anilines is 1. The minimum absolute atomic E-state index is 0.462. The maximum Gasteiger partial charge on any atom is 0.188 e. The van der Waals surface area contributed by atoms with Crippen LogP contribution in [0, 0.1) is 0 Å². The van der Waals surface area contributed by atoms with Gasteiger partial charge in [0, 0.05) is 30.9 Å². The lowest BCUT2D eigenvalue weighted by atomic mass is 10.4. The smallest absolute Gasteiger partial charge is 0.188 e. The first-order chi connectivity index (χ1) is 10.8. The average molecular weight is 314 g/mol. The lowest BCUT2D eigenvalue weighted by Gasteiger charge is -2.04. The van der Waals surface area contributed by atoms with Gasteiger partial charge in [-0.15, -0.1) is 11.3 Å². The molecule has 0 amide bonds. The summed E-state index contributed by atoms with van der Waals surface area (Å²) < 4.78 is 5.06. The highest BCUT2D eigenvalue weighted by molar-refractivity contribution is 7.13. The summed E-state index contributed by atoms with van der Waals surface area (Å²) in [7, 11) is 1.64. The van der Waals surface area contributed by atoms with Crippen molar-refractivity contribution in [2.75, 3.05) is 12.4 Å². The van der Waals surface area contributed by atoms with Crippen LogP contribution in [0.5, 0.6) is 0 Å². The lowest BCUT2D eigenvalue weighted by molar-refractivity contribution is 0.181. The molecular formula is C14H14N6OS. The average Bonchev–Trinajstić information content (AvgIpc) is 3.04. The SMILES string of the molecule is COCc1cc(NCc2csc(-c3ncccn3)n2)ncn1. The van der Waals surface area contributed by atoms with E-state index in [0.717, 1.165) is 22.2 Å². The van der Waals surface area contributed by atoms with Crippen LogP contribution in [0.15, 0.2) is 36.2 Å². The van der Waals surface area contributed by atoms with E-state index in [1.54, 1.807) is 25.6 Å². The molecule has 0 saturated carbocycles. The summed E-state index contributed by atoms with van der Waals surface area (Å²) in [5.41, 5.74) is 1.75. The van der Waals surface area contributed by atoms with Crippen molar-refractivity contribution in [3.8, 4) is 10.8 Å². The molecule has 7 nitrogen and oxygen atoms in total. The summed E-state index contributed by atoms with van der Waals surface area (Å²) in [5, 5.41) is 6.01. The fraction of sp³-hybridized carbons (Fsp3) is 0.214. The van der Waals surface area contributed by atoms with Gasteiger partial charge in [0.1, 0.15) is 12.1 Å². The largest absolute Gasteiger partial charge is 0.378 e. The molecule has 8 heteroatoms. The fourth-order valence-electron chi connectivity index (χ4n) is 1.80. The van der Waals surface area contributed by atoms with E-state index in [1.165, 1.54) is 17.7 Å². The Morgan fingerprint density at radius 1 is 1.14 bits per heavy atom. The van der Waals surface area contributed by atoms with Crippen LogP contribution in [0.4, 0.5) is 5.82 Å². The van der Waals surface area contributed by atoms with Crippen LogP contribution in [0.1, 0.15) is 11.4 Å². The Bertz CT molecular complexity index is 733. The molecule has 0 bridgehead atoms. The molecule has 0 aromatic carbocycles. The number of hydrogen-bond acceptors (Lipinski definition) is 8. The second kappa shape index (κ2) is 7.01. The van der Waals surface area contributed by atoms with Crippen LogP contribution < -0.4 is 5.32 Å². The molecule has 3 rings (SSSR count). The molecule has 3 heterocycles. The Morgan fingerprint density at radius 2 is 2.00 bits per heavy atom. The van der Waals surface area contributed by atoms with E-state index >= 15 is 0 Å². The minimum Gasteiger partial charge on any atom is -0.378 e. The molecule has 0 spiro atoms. The molecule has 1 N–H and O–H groups in total. The number of hydrogen-bond donors (Lipinski definition) is 1. The van der Waals surface area contributed by atoms with Crippen LogP contribution >= 0.6 is 11.3 Å². The normalized spacial score (nSPS) is 10.6. The molecule has 0 aliphatic carbocycles. The molecule has 22 heavy (non-hydrogen) atoms. The highest BCUT2D eigenvalue weighted by atomic mass is 32.1. The molecule has 3 aromatic heterocycles. The van der Waals surface area contributed by atoms with Gasteiger partial charge in [0.15, 0.2) is 10.8 Å². The third kappa shape index (κ3) is 3.60. The summed E-state index contributed by atoms with van der Waals surface area (Å²) >= 11 is 1.52. The van der Waals surface area contributed by atoms with Crippen molar-refractivity contribution in [1.29, 1.82) is 0 Å². The Labute approximate surface area is 131 Å². The van der Waals surface area contributed by atoms with Crippen LogP contribution in [0.25, 0.3) is 10.8 Å². The number of thiazole rings is 1. The molecule has 0 aliphatic rings. The molecule has 0 atom stereocenters. The van der Waals surface area contributed by atoms with E-state index in [4.69, 9.17) is 4.74 Å². The fourth-order valence-corrected chi connectivity index (χ4v) is 2.57. The third-order valence-corrected chi connectivity index (χ3v) is 3.66. The number of rotatable bonds is 6. The Kier molecular flexibility index (Phi) is 4.62. The summed E-state index contributed by atoms with van der Waals surface area (Å²) in [4.78, 5) is 21.2. The van der Waals surface area contributed by atoms with Gasteiger partial charge in [0.25, 0.3) is 0 Å². The zero-order valence-corrected chi connectivity index (χ0v) is 12.7. The minimum atomic E-state index is 0.462. The van der Waals surface area contributed by atoms with Crippen molar-refractivity contribution >= 4 is 17.2 Å². The van der Waals surface area contributed by atoms with Gasteiger partial charge in [-0.1, -0.05) is 0 Å². The maximum absolute atomic E-state index is 5.06. The zero-order valence-electron chi connectivity index (χ0n) is 11.9. The van der Waals surface area contributed by atoms with Crippen molar-refractivity contribution < 1.29 is 4.74 Å². The van der Waals surface area contributed by atoms with Crippen LogP contribution in [0.2, 0.25) is 0 Å². The van der Waals surface area contributed by atoms with E-state index in [9.17, 15) is 0 Å². The standard InChI is InChI=1S/C14H14N6OS/c1-21-7-10-5-12(19-9-18-10)17-6-11-8-22-14(20-11)13-15-3-2-4-16-13/h2-5,8-9H,6-7H2,1H3,(H,17,18,19).